The molecule has 0 radical (unpaired) electrons. The fraction of sp³-hybridized carbons (Fsp3) is 0.167. The normalized spacial score (nSPS) is 10.2. The van der Waals surface area contributed by atoms with Gasteiger partial charge in [-0.3, -0.25) is 0 Å². The second-order valence-corrected chi connectivity index (χ2v) is 5.20. The van der Waals surface area contributed by atoms with Gasteiger partial charge >= 0.3 is 0 Å². The van der Waals surface area contributed by atoms with Crippen LogP contribution in [0.15, 0.2) is 60.8 Å². The molecule has 3 rings (SSSR count). The summed E-state index contributed by atoms with van der Waals surface area (Å²) in [5.74, 6) is 2.04. The van der Waals surface area contributed by atoms with Gasteiger partial charge in [0.1, 0.15) is 5.75 Å². The van der Waals surface area contributed by atoms with Crippen LogP contribution < -0.4 is 15.0 Å². The summed E-state index contributed by atoms with van der Waals surface area (Å²) in [5, 5.41) is 11.4. The molecule has 1 heterocycles. The van der Waals surface area contributed by atoms with Gasteiger partial charge in [-0.1, -0.05) is 36.4 Å². The second-order valence-electron chi connectivity index (χ2n) is 5.20. The number of aromatic nitrogens is 3. The molecule has 1 N–H and O–H groups in total. The third-order valence-corrected chi connectivity index (χ3v) is 3.64. The van der Waals surface area contributed by atoms with Crippen LogP contribution in [0.25, 0.3) is 0 Å². The van der Waals surface area contributed by atoms with E-state index in [1.807, 2.05) is 66.5 Å². The van der Waals surface area contributed by atoms with E-state index in [9.17, 15) is 0 Å². The van der Waals surface area contributed by atoms with E-state index in [2.05, 4.69) is 20.5 Å². The summed E-state index contributed by atoms with van der Waals surface area (Å²) in [5.41, 5.74) is 2.05. The van der Waals surface area contributed by atoms with Gasteiger partial charge in [0, 0.05) is 24.8 Å². The number of ether oxygens (including phenoxy) is 1. The van der Waals surface area contributed by atoms with E-state index in [-0.39, 0.29) is 0 Å². The number of hydrogen-bond donors (Lipinski definition) is 1. The fourth-order valence-corrected chi connectivity index (χ4v) is 2.32. The standard InChI is InChI=1S/C18H19N5O/c1-23(15-9-4-3-5-10-15)18-21-17(13-20-22-18)19-12-14-8-6-7-11-16(14)24-2/h3-11,13H,12H2,1-2H3,(H,19,21,22). The molecule has 6 nitrogen and oxygen atoms in total. The maximum absolute atomic E-state index is 5.36. The van der Waals surface area contributed by atoms with Gasteiger partial charge in [0.05, 0.1) is 13.3 Å². The lowest BCUT2D eigenvalue weighted by Crippen LogP contribution is -2.15. The molecule has 2 aromatic carbocycles. The first-order valence-corrected chi connectivity index (χ1v) is 7.62. The Bertz CT molecular complexity index is 794. The molecule has 0 spiro atoms. The monoisotopic (exact) mass is 321 g/mol. The highest BCUT2D eigenvalue weighted by Crippen LogP contribution is 2.21. The maximum Gasteiger partial charge on any atom is 0.251 e. The Morgan fingerprint density at radius 2 is 1.79 bits per heavy atom. The van der Waals surface area contributed by atoms with Crippen LogP contribution in [0.5, 0.6) is 5.75 Å². The number of nitrogens with one attached hydrogen (secondary N) is 1. The minimum absolute atomic E-state index is 0.534. The molecular weight excluding hydrogens is 302 g/mol. The molecule has 3 aromatic rings. The summed E-state index contributed by atoms with van der Waals surface area (Å²) in [4.78, 5) is 6.41. The predicted octanol–water partition coefficient (Wildman–Crippen LogP) is 3.26. The molecular formula is C18H19N5O. The zero-order valence-electron chi connectivity index (χ0n) is 13.7. The number of methoxy groups -OCH3 is 1. The lowest BCUT2D eigenvalue weighted by atomic mass is 10.2. The van der Waals surface area contributed by atoms with E-state index in [4.69, 9.17) is 4.74 Å². The van der Waals surface area contributed by atoms with Crippen molar-refractivity contribution < 1.29 is 4.74 Å². The van der Waals surface area contributed by atoms with Crippen molar-refractivity contribution in [1.29, 1.82) is 0 Å². The fourth-order valence-electron chi connectivity index (χ4n) is 2.32. The van der Waals surface area contributed by atoms with Gasteiger partial charge in [0.25, 0.3) is 5.95 Å². The van der Waals surface area contributed by atoms with Crippen molar-refractivity contribution >= 4 is 17.5 Å². The highest BCUT2D eigenvalue weighted by molar-refractivity contribution is 5.56. The number of para-hydroxylation sites is 2. The van der Waals surface area contributed by atoms with Crippen molar-refractivity contribution in [1.82, 2.24) is 15.2 Å². The molecule has 0 aliphatic heterocycles. The molecule has 0 atom stereocenters. The van der Waals surface area contributed by atoms with Crippen LogP contribution in [-0.4, -0.2) is 29.3 Å². The molecule has 0 saturated carbocycles. The molecule has 1 aromatic heterocycles. The molecule has 0 unspecified atom stereocenters. The third kappa shape index (κ3) is 3.60. The van der Waals surface area contributed by atoms with Crippen LogP contribution in [0.1, 0.15) is 5.56 Å². The van der Waals surface area contributed by atoms with Crippen molar-refractivity contribution in [3.8, 4) is 5.75 Å². The second kappa shape index (κ2) is 7.41. The first-order chi connectivity index (χ1) is 11.8. The number of nitrogens with zero attached hydrogens (tertiary/aromatic N) is 4. The van der Waals surface area contributed by atoms with Crippen molar-refractivity contribution in [2.45, 2.75) is 6.54 Å². The smallest absolute Gasteiger partial charge is 0.251 e. The van der Waals surface area contributed by atoms with Gasteiger partial charge in [-0.05, 0) is 18.2 Å². The zero-order valence-corrected chi connectivity index (χ0v) is 13.7. The zero-order chi connectivity index (χ0) is 16.8. The number of rotatable bonds is 6. The summed E-state index contributed by atoms with van der Waals surface area (Å²) < 4.78 is 5.36. The molecule has 0 bridgehead atoms. The Labute approximate surface area is 141 Å². The van der Waals surface area contributed by atoms with Crippen molar-refractivity contribution in [2.75, 3.05) is 24.4 Å². The average molecular weight is 321 g/mol. The Morgan fingerprint density at radius 1 is 1.04 bits per heavy atom. The van der Waals surface area contributed by atoms with Crippen molar-refractivity contribution in [2.24, 2.45) is 0 Å². The first kappa shape index (κ1) is 15.7. The Morgan fingerprint density at radius 3 is 2.58 bits per heavy atom. The van der Waals surface area contributed by atoms with Crippen LogP contribution in [0.2, 0.25) is 0 Å². The van der Waals surface area contributed by atoms with Gasteiger partial charge in [0.2, 0.25) is 0 Å². The van der Waals surface area contributed by atoms with E-state index >= 15 is 0 Å². The minimum atomic E-state index is 0.534. The predicted molar refractivity (Wildman–Crippen MR) is 94.7 cm³/mol. The van der Waals surface area contributed by atoms with E-state index in [0.29, 0.717) is 18.3 Å². The topological polar surface area (TPSA) is 63.2 Å². The van der Waals surface area contributed by atoms with Gasteiger partial charge in [-0.15, -0.1) is 5.10 Å². The molecule has 6 heteroatoms. The summed E-state index contributed by atoms with van der Waals surface area (Å²) in [6, 6.07) is 17.8. The van der Waals surface area contributed by atoms with Gasteiger partial charge in [-0.2, -0.15) is 10.1 Å². The van der Waals surface area contributed by atoms with Crippen LogP contribution >= 0.6 is 0 Å². The van der Waals surface area contributed by atoms with Gasteiger partial charge in [0.15, 0.2) is 5.82 Å². The molecule has 24 heavy (non-hydrogen) atoms. The maximum atomic E-state index is 5.36. The van der Waals surface area contributed by atoms with Crippen LogP contribution in [0.4, 0.5) is 17.5 Å². The molecule has 0 saturated heterocycles. The molecule has 0 aliphatic rings. The van der Waals surface area contributed by atoms with E-state index in [1.54, 1.807) is 13.3 Å². The van der Waals surface area contributed by atoms with Crippen molar-refractivity contribution in [3.63, 3.8) is 0 Å². The lowest BCUT2D eigenvalue weighted by Gasteiger charge is -2.17. The summed E-state index contributed by atoms with van der Waals surface area (Å²) in [6.07, 6.45) is 1.61. The summed E-state index contributed by atoms with van der Waals surface area (Å²) >= 11 is 0. The van der Waals surface area contributed by atoms with Crippen LogP contribution in [0, 0.1) is 0 Å². The quantitative estimate of drug-likeness (QED) is 0.752. The number of benzene rings is 2. The lowest BCUT2D eigenvalue weighted by molar-refractivity contribution is 0.410. The van der Waals surface area contributed by atoms with E-state index in [1.165, 1.54) is 0 Å². The molecule has 0 amide bonds. The Hall–Kier alpha value is -3.15. The van der Waals surface area contributed by atoms with E-state index in [0.717, 1.165) is 17.0 Å². The van der Waals surface area contributed by atoms with Crippen molar-refractivity contribution in [3.05, 3.63) is 66.4 Å². The minimum Gasteiger partial charge on any atom is -0.496 e. The highest BCUT2D eigenvalue weighted by Gasteiger charge is 2.09. The number of anilines is 3. The van der Waals surface area contributed by atoms with Gasteiger partial charge in [-0.25, -0.2) is 0 Å². The SMILES string of the molecule is COc1ccccc1CNc1cnnc(N(C)c2ccccc2)n1. The summed E-state index contributed by atoms with van der Waals surface area (Å²) in [6.45, 7) is 0.594. The van der Waals surface area contributed by atoms with Gasteiger partial charge < -0.3 is 15.0 Å². The molecule has 0 fully saturated rings. The largest absolute Gasteiger partial charge is 0.496 e. The molecule has 122 valence electrons. The highest BCUT2D eigenvalue weighted by atomic mass is 16.5. The van der Waals surface area contributed by atoms with Crippen LogP contribution in [0.3, 0.4) is 0 Å². The number of hydrogen-bond acceptors (Lipinski definition) is 6. The van der Waals surface area contributed by atoms with Crippen LogP contribution in [-0.2, 0) is 6.54 Å². The Kier molecular flexibility index (Phi) is 4.86. The third-order valence-electron chi connectivity index (χ3n) is 3.64. The summed E-state index contributed by atoms with van der Waals surface area (Å²) in [7, 11) is 3.58. The first-order valence-electron chi connectivity index (χ1n) is 7.62. The van der Waals surface area contributed by atoms with E-state index < -0.39 is 0 Å². The molecule has 0 aliphatic carbocycles. The average Bonchev–Trinajstić information content (AvgIpc) is 2.67. The Balaban J connectivity index is 1.74.